The molecule has 2 aromatic rings. The quantitative estimate of drug-likeness (QED) is 0.636. The van der Waals surface area contributed by atoms with Gasteiger partial charge < -0.3 is 20.2 Å². The number of benzene rings is 1. The Hall–Kier alpha value is -3.15. The number of rotatable bonds is 3. The third kappa shape index (κ3) is 4.71. The van der Waals surface area contributed by atoms with E-state index in [4.69, 9.17) is 0 Å². The Bertz CT molecular complexity index is 1150. The molecular formula is C23H27F4N5O3. The van der Waals surface area contributed by atoms with Crippen molar-refractivity contribution in [2.75, 3.05) is 18.9 Å². The molecule has 0 saturated heterocycles. The van der Waals surface area contributed by atoms with Gasteiger partial charge in [-0.05, 0) is 31.5 Å². The molecule has 35 heavy (non-hydrogen) atoms. The highest BCUT2D eigenvalue weighted by molar-refractivity contribution is 5.95. The molecular weight excluding hydrogens is 470 g/mol. The van der Waals surface area contributed by atoms with Gasteiger partial charge in [0.1, 0.15) is 11.5 Å². The zero-order chi connectivity index (χ0) is 25.7. The van der Waals surface area contributed by atoms with E-state index in [1.54, 1.807) is 18.7 Å². The number of nitrogens with zero attached hydrogens (tertiary/aromatic N) is 4. The number of amides is 3. The number of fused-ring (bicyclic) bond motifs is 3. The Labute approximate surface area is 199 Å². The smallest absolute Gasteiger partial charge is 0.393 e. The number of alkyl halides is 3. The van der Waals surface area contributed by atoms with Crippen LogP contribution in [0.3, 0.4) is 0 Å². The number of hydrogen-bond acceptors (Lipinski definition) is 4. The van der Waals surface area contributed by atoms with Crippen LogP contribution in [0, 0.1) is 11.7 Å². The summed E-state index contributed by atoms with van der Waals surface area (Å²) in [5.74, 6) is -1.90. The highest BCUT2D eigenvalue weighted by Gasteiger charge is 2.38. The van der Waals surface area contributed by atoms with Crippen molar-refractivity contribution in [3.63, 3.8) is 0 Å². The van der Waals surface area contributed by atoms with Gasteiger partial charge in [-0.25, -0.2) is 9.18 Å². The van der Waals surface area contributed by atoms with Gasteiger partial charge in [0.25, 0.3) is 5.91 Å². The van der Waals surface area contributed by atoms with Crippen LogP contribution < -0.4 is 5.32 Å². The van der Waals surface area contributed by atoms with Crippen molar-refractivity contribution in [2.45, 2.75) is 58.1 Å². The number of aliphatic hydroxyl groups excluding tert-OH is 1. The number of aromatic nitrogens is 2. The van der Waals surface area contributed by atoms with E-state index in [-0.39, 0.29) is 30.1 Å². The van der Waals surface area contributed by atoms with E-state index in [9.17, 15) is 32.3 Å². The predicted octanol–water partition coefficient (Wildman–Crippen LogP) is 3.49. The zero-order valence-corrected chi connectivity index (χ0v) is 19.6. The minimum Gasteiger partial charge on any atom is -0.393 e. The lowest BCUT2D eigenvalue weighted by atomic mass is 9.99. The molecule has 3 amide bonds. The molecule has 0 saturated carbocycles. The molecule has 0 bridgehead atoms. The summed E-state index contributed by atoms with van der Waals surface area (Å²) >= 11 is 0. The minimum atomic E-state index is -4.90. The van der Waals surface area contributed by atoms with Gasteiger partial charge in [0.2, 0.25) is 0 Å². The monoisotopic (exact) mass is 497 g/mol. The van der Waals surface area contributed by atoms with E-state index >= 15 is 0 Å². The summed E-state index contributed by atoms with van der Waals surface area (Å²) in [6.45, 7) is 4.38. The first-order chi connectivity index (χ1) is 16.4. The van der Waals surface area contributed by atoms with Gasteiger partial charge in [-0.1, -0.05) is 6.92 Å². The lowest BCUT2D eigenvalue weighted by Crippen LogP contribution is -2.45. The molecule has 12 heteroatoms. The fraction of sp³-hybridized carbons (Fsp3) is 0.522. The van der Waals surface area contributed by atoms with Crippen LogP contribution >= 0.6 is 0 Å². The first-order valence-electron chi connectivity index (χ1n) is 11.4. The van der Waals surface area contributed by atoms with Gasteiger partial charge in [-0.2, -0.15) is 18.3 Å². The number of carbonyl (C=O) groups is 2. The van der Waals surface area contributed by atoms with Crippen molar-refractivity contribution in [2.24, 2.45) is 5.92 Å². The molecule has 0 spiro atoms. The van der Waals surface area contributed by atoms with E-state index < -0.39 is 29.7 Å². The van der Waals surface area contributed by atoms with Crippen molar-refractivity contribution in [1.82, 2.24) is 19.6 Å². The number of anilines is 1. The molecule has 3 atom stereocenters. The predicted molar refractivity (Wildman–Crippen MR) is 118 cm³/mol. The molecule has 1 unspecified atom stereocenters. The Balaban J connectivity index is 1.60. The van der Waals surface area contributed by atoms with Gasteiger partial charge >= 0.3 is 12.2 Å². The normalized spacial score (nSPS) is 21.3. The van der Waals surface area contributed by atoms with Crippen molar-refractivity contribution in [3.05, 3.63) is 46.5 Å². The summed E-state index contributed by atoms with van der Waals surface area (Å²) in [6.07, 6.45) is -4.62. The number of carbonyl (C=O) groups excluding carboxylic acids is 2. The molecule has 190 valence electrons. The van der Waals surface area contributed by atoms with Crippen LogP contribution in [0.1, 0.15) is 47.6 Å². The van der Waals surface area contributed by atoms with Crippen LogP contribution in [0.5, 0.6) is 0 Å². The van der Waals surface area contributed by atoms with E-state index in [1.807, 2.05) is 6.92 Å². The first kappa shape index (κ1) is 25.0. The molecule has 3 heterocycles. The van der Waals surface area contributed by atoms with Crippen molar-refractivity contribution >= 4 is 17.6 Å². The summed E-state index contributed by atoms with van der Waals surface area (Å²) in [5.41, 5.74) is -0.0616. The number of nitrogens with one attached hydrogen (secondary N) is 1. The summed E-state index contributed by atoms with van der Waals surface area (Å²) in [5, 5.41) is 17.4. The van der Waals surface area contributed by atoms with Crippen molar-refractivity contribution in [1.29, 1.82) is 0 Å². The fourth-order valence-electron chi connectivity index (χ4n) is 4.73. The molecule has 0 radical (unpaired) electrons. The van der Waals surface area contributed by atoms with Gasteiger partial charge in [0.15, 0.2) is 0 Å². The second kappa shape index (κ2) is 9.14. The number of halogens is 4. The van der Waals surface area contributed by atoms with E-state index in [1.165, 1.54) is 9.80 Å². The maximum absolute atomic E-state index is 13.6. The Morgan fingerprint density at radius 1 is 1.31 bits per heavy atom. The van der Waals surface area contributed by atoms with Gasteiger partial charge in [-0.15, -0.1) is 0 Å². The molecule has 4 rings (SSSR count). The average molecular weight is 497 g/mol. The molecule has 0 aliphatic carbocycles. The Morgan fingerprint density at radius 2 is 2.03 bits per heavy atom. The van der Waals surface area contributed by atoms with Crippen molar-refractivity contribution in [3.8, 4) is 0 Å². The molecule has 1 aromatic carbocycles. The van der Waals surface area contributed by atoms with Crippen LogP contribution in [-0.2, 0) is 25.7 Å². The number of aliphatic hydroxyl groups is 1. The largest absolute Gasteiger partial charge is 0.419 e. The summed E-state index contributed by atoms with van der Waals surface area (Å²) in [7, 11) is 1.65. The molecule has 8 nitrogen and oxygen atoms in total. The van der Waals surface area contributed by atoms with Crippen LogP contribution in [0.2, 0.25) is 0 Å². The summed E-state index contributed by atoms with van der Waals surface area (Å²) in [4.78, 5) is 29.1. The number of urea groups is 1. The first-order valence-corrected chi connectivity index (χ1v) is 11.4. The maximum atomic E-state index is 13.6. The standard InChI is InChI=1S/C23H27F4N5O3/c1-4-19(33)13-9-30(3)21(34)20-15-11-31(12(2)7-18(15)29-32(20)10-13)22(35)28-14-5-6-17(24)16(8-14)23(25,26)27/h5-6,8,12-13,19,33H,4,7,9-11H2,1-3H3,(H,28,35)/t12-,13?,19-/m1/s1. The molecule has 1 aromatic heterocycles. The highest BCUT2D eigenvalue weighted by atomic mass is 19.4. The van der Waals surface area contributed by atoms with E-state index in [0.29, 0.717) is 55.0 Å². The van der Waals surface area contributed by atoms with E-state index in [0.717, 1.165) is 6.07 Å². The van der Waals surface area contributed by atoms with Crippen LogP contribution in [0.25, 0.3) is 0 Å². The topological polar surface area (TPSA) is 90.7 Å². The Morgan fingerprint density at radius 3 is 2.69 bits per heavy atom. The average Bonchev–Trinajstić information content (AvgIpc) is 3.07. The zero-order valence-electron chi connectivity index (χ0n) is 19.6. The second-order valence-corrected chi connectivity index (χ2v) is 9.18. The van der Waals surface area contributed by atoms with Crippen LogP contribution in [0.4, 0.5) is 28.0 Å². The third-order valence-electron chi connectivity index (χ3n) is 6.69. The minimum absolute atomic E-state index is 0.0333. The lowest BCUT2D eigenvalue weighted by Gasteiger charge is -2.33. The van der Waals surface area contributed by atoms with Crippen LogP contribution in [0.15, 0.2) is 18.2 Å². The maximum Gasteiger partial charge on any atom is 0.419 e. The SMILES string of the molecule is CC[C@@H](O)C1CN(C)C(=O)c2c3c(nn2C1)C[C@@H](C)N(C(=O)Nc1ccc(F)c(C(F)(F)F)c1)C3. The Kier molecular flexibility index (Phi) is 6.52. The summed E-state index contributed by atoms with van der Waals surface area (Å²) < 4.78 is 54.4. The van der Waals surface area contributed by atoms with Gasteiger partial charge in [0, 0.05) is 49.8 Å². The van der Waals surface area contributed by atoms with Crippen molar-refractivity contribution < 1.29 is 32.3 Å². The fourth-order valence-corrected chi connectivity index (χ4v) is 4.73. The molecule has 2 aliphatic heterocycles. The molecule has 0 fully saturated rings. The van der Waals surface area contributed by atoms with Gasteiger partial charge in [-0.3, -0.25) is 9.48 Å². The molecule has 2 N–H and O–H groups in total. The number of hydrogen-bond donors (Lipinski definition) is 2. The second-order valence-electron chi connectivity index (χ2n) is 9.18. The van der Waals surface area contributed by atoms with Crippen LogP contribution in [-0.4, -0.2) is 62.4 Å². The molecule has 2 aliphatic rings. The lowest BCUT2D eigenvalue weighted by molar-refractivity contribution is -0.139. The van der Waals surface area contributed by atoms with E-state index in [2.05, 4.69) is 10.4 Å². The third-order valence-corrected chi connectivity index (χ3v) is 6.69. The highest BCUT2D eigenvalue weighted by Crippen LogP contribution is 2.34. The summed E-state index contributed by atoms with van der Waals surface area (Å²) in [6, 6.07) is 1.25. The van der Waals surface area contributed by atoms with Gasteiger partial charge in [0.05, 0.1) is 23.9 Å².